The second kappa shape index (κ2) is 4.80. The molecule has 1 atom stereocenters. The molecule has 15 heavy (non-hydrogen) atoms. The Bertz CT molecular complexity index is 297. The van der Waals surface area contributed by atoms with Gasteiger partial charge in [0.05, 0.1) is 5.75 Å². The summed E-state index contributed by atoms with van der Waals surface area (Å²) in [6, 6.07) is 0. The Kier molecular flexibility index (Phi) is 3.64. The van der Waals surface area contributed by atoms with Crippen LogP contribution in [0.5, 0.6) is 0 Å². The third-order valence-corrected chi connectivity index (χ3v) is 5.55. The van der Waals surface area contributed by atoms with E-state index in [1.54, 1.807) is 0 Å². The Hall–Kier alpha value is -0.130. The minimum Gasteiger partial charge on any atom is -0.317 e. The van der Waals surface area contributed by atoms with Crippen LogP contribution in [-0.2, 0) is 9.84 Å². The topological polar surface area (TPSA) is 58.2 Å². The van der Waals surface area contributed by atoms with Crippen LogP contribution in [0.15, 0.2) is 0 Å². The maximum atomic E-state index is 11.6. The average Bonchev–Trinajstić information content (AvgIpc) is 2.56. The number of sulfone groups is 1. The molecule has 0 bridgehead atoms. The van der Waals surface area contributed by atoms with Crippen LogP contribution in [0.3, 0.4) is 0 Å². The molecule has 0 radical (unpaired) electrons. The fourth-order valence-corrected chi connectivity index (χ4v) is 4.13. The molecular weight excluding hydrogens is 212 g/mol. The highest BCUT2D eigenvalue weighted by molar-refractivity contribution is 7.92. The van der Waals surface area contributed by atoms with Gasteiger partial charge < -0.3 is 10.6 Å². The Labute approximate surface area is 91.7 Å². The molecule has 5 heteroatoms. The van der Waals surface area contributed by atoms with Gasteiger partial charge in [-0.3, -0.25) is 0 Å². The SMILES string of the molecule is O=S1(=O)CCCC1NCC1CCNCC1. The van der Waals surface area contributed by atoms with Crippen molar-refractivity contribution >= 4 is 9.84 Å². The molecule has 2 N–H and O–H groups in total. The molecule has 2 aliphatic heterocycles. The van der Waals surface area contributed by atoms with Crippen LogP contribution in [0.2, 0.25) is 0 Å². The van der Waals surface area contributed by atoms with Gasteiger partial charge in [0.2, 0.25) is 0 Å². The Morgan fingerprint density at radius 1 is 1.20 bits per heavy atom. The third-order valence-electron chi connectivity index (χ3n) is 3.42. The number of rotatable bonds is 3. The molecule has 88 valence electrons. The van der Waals surface area contributed by atoms with Gasteiger partial charge in [-0.25, -0.2) is 8.42 Å². The monoisotopic (exact) mass is 232 g/mol. The van der Waals surface area contributed by atoms with E-state index in [-0.39, 0.29) is 5.37 Å². The quantitative estimate of drug-likeness (QED) is 0.725. The average molecular weight is 232 g/mol. The Balaban J connectivity index is 1.77. The van der Waals surface area contributed by atoms with Crippen molar-refractivity contribution in [2.45, 2.75) is 31.1 Å². The second-order valence-corrected chi connectivity index (χ2v) is 6.90. The van der Waals surface area contributed by atoms with Gasteiger partial charge in [0, 0.05) is 0 Å². The first-order chi connectivity index (χ1) is 7.18. The summed E-state index contributed by atoms with van der Waals surface area (Å²) in [5, 5.41) is 6.28. The van der Waals surface area contributed by atoms with E-state index in [2.05, 4.69) is 10.6 Å². The van der Waals surface area contributed by atoms with Crippen molar-refractivity contribution in [1.29, 1.82) is 0 Å². The van der Waals surface area contributed by atoms with Crippen LogP contribution in [0, 0.1) is 5.92 Å². The van der Waals surface area contributed by atoms with Crippen molar-refractivity contribution in [3.8, 4) is 0 Å². The molecule has 0 spiro atoms. The maximum Gasteiger partial charge on any atom is 0.166 e. The lowest BCUT2D eigenvalue weighted by Crippen LogP contribution is -2.39. The minimum absolute atomic E-state index is 0.257. The number of hydrogen-bond donors (Lipinski definition) is 2. The zero-order valence-electron chi connectivity index (χ0n) is 9.04. The third kappa shape index (κ3) is 2.92. The predicted octanol–water partition coefficient (Wildman–Crippen LogP) is 0.110. The van der Waals surface area contributed by atoms with Crippen molar-refractivity contribution in [2.75, 3.05) is 25.4 Å². The fraction of sp³-hybridized carbons (Fsp3) is 1.00. The Morgan fingerprint density at radius 3 is 2.53 bits per heavy atom. The zero-order valence-corrected chi connectivity index (χ0v) is 9.85. The van der Waals surface area contributed by atoms with E-state index >= 15 is 0 Å². The first kappa shape index (κ1) is 11.4. The maximum absolute atomic E-state index is 11.6. The minimum atomic E-state index is -2.81. The summed E-state index contributed by atoms with van der Waals surface area (Å²) in [4.78, 5) is 0. The summed E-state index contributed by atoms with van der Waals surface area (Å²) in [5.74, 6) is 1.03. The fourth-order valence-electron chi connectivity index (χ4n) is 2.40. The molecule has 0 amide bonds. The van der Waals surface area contributed by atoms with Crippen LogP contribution < -0.4 is 10.6 Å². The second-order valence-electron chi connectivity index (χ2n) is 4.60. The predicted molar refractivity (Wildman–Crippen MR) is 60.4 cm³/mol. The van der Waals surface area contributed by atoms with Gasteiger partial charge in [0.15, 0.2) is 9.84 Å². The van der Waals surface area contributed by atoms with Gasteiger partial charge in [-0.2, -0.15) is 0 Å². The summed E-state index contributed by atoms with van der Waals surface area (Å²) >= 11 is 0. The van der Waals surface area contributed by atoms with Crippen molar-refractivity contribution in [3.05, 3.63) is 0 Å². The number of nitrogens with one attached hydrogen (secondary N) is 2. The molecule has 2 aliphatic rings. The van der Waals surface area contributed by atoms with Crippen molar-refractivity contribution in [2.24, 2.45) is 5.92 Å². The van der Waals surface area contributed by atoms with Crippen LogP contribution in [0.4, 0.5) is 0 Å². The van der Waals surface area contributed by atoms with E-state index in [4.69, 9.17) is 0 Å². The summed E-state index contributed by atoms with van der Waals surface area (Å²) in [5.41, 5.74) is 0. The molecule has 2 heterocycles. The lowest BCUT2D eigenvalue weighted by Gasteiger charge is -2.24. The van der Waals surface area contributed by atoms with Crippen LogP contribution in [-0.4, -0.2) is 39.2 Å². The van der Waals surface area contributed by atoms with Gasteiger partial charge in [-0.15, -0.1) is 0 Å². The highest BCUT2D eigenvalue weighted by Gasteiger charge is 2.31. The van der Waals surface area contributed by atoms with Crippen LogP contribution in [0.25, 0.3) is 0 Å². The molecule has 2 saturated heterocycles. The number of hydrogen-bond acceptors (Lipinski definition) is 4. The van der Waals surface area contributed by atoms with E-state index < -0.39 is 9.84 Å². The van der Waals surface area contributed by atoms with E-state index in [0.29, 0.717) is 11.7 Å². The molecule has 1 unspecified atom stereocenters. The zero-order chi connectivity index (χ0) is 10.7. The molecular formula is C10H20N2O2S. The standard InChI is InChI=1S/C10H20N2O2S/c13-15(14)7-1-2-10(15)12-8-9-3-5-11-6-4-9/h9-12H,1-8H2. The number of piperidine rings is 1. The van der Waals surface area contributed by atoms with E-state index in [1.807, 2.05) is 0 Å². The molecule has 0 aromatic heterocycles. The summed E-state index contributed by atoms with van der Waals surface area (Å²) < 4.78 is 23.1. The van der Waals surface area contributed by atoms with Gasteiger partial charge in [0.1, 0.15) is 5.37 Å². The molecule has 2 rings (SSSR count). The first-order valence-electron chi connectivity index (χ1n) is 5.84. The summed E-state index contributed by atoms with van der Waals surface area (Å²) in [7, 11) is -2.81. The highest BCUT2D eigenvalue weighted by atomic mass is 32.2. The summed E-state index contributed by atoms with van der Waals surface area (Å²) in [6.07, 6.45) is 3.96. The van der Waals surface area contributed by atoms with E-state index in [9.17, 15) is 8.42 Å². The summed E-state index contributed by atoms with van der Waals surface area (Å²) in [6.45, 7) is 3.01. The smallest absolute Gasteiger partial charge is 0.166 e. The van der Waals surface area contributed by atoms with Gasteiger partial charge >= 0.3 is 0 Å². The molecule has 2 fully saturated rings. The van der Waals surface area contributed by atoms with Crippen molar-refractivity contribution in [3.63, 3.8) is 0 Å². The van der Waals surface area contributed by atoms with Crippen LogP contribution in [0.1, 0.15) is 25.7 Å². The normalized spacial score (nSPS) is 31.9. The lowest BCUT2D eigenvalue weighted by molar-refractivity contribution is 0.351. The van der Waals surface area contributed by atoms with Crippen molar-refractivity contribution < 1.29 is 8.42 Å². The molecule has 0 aromatic rings. The Morgan fingerprint density at radius 2 is 1.93 bits per heavy atom. The first-order valence-corrected chi connectivity index (χ1v) is 7.56. The highest BCUT2D eigenvalue weighted by Crippen LogP contribution is 2.18. The van der Waals surface area contributed by atoms with Gasteiger partial charge in [0.25, 0.3) is 0 Å². The van der Waals surface area contributed by atoms with Gasteiger partial charge in [-0.1, -0.05) is 0 Å². The molecule has 0 aliphatic carbocycles. The lowest BCUT2D eigenvalue weighted by atomic mass is 9.98. The van der Waals surface area contributed by atoms with Gasteiger partial charge in [-0.05, 0) is 51.2 Å². The van der Waals surface area contributed by atoms with Crippen LogP contribution >= 0.6 is 0 Å². The molecule has 0 aromatic carbocycles. The van der Waals surface area contributed by atoms with E-state index in [0.717, 1.165) is 32.5 Å². The van der Waals surface area contributed by atoms with Crippen molar-refractivity contribution in [1.82, 2.24) is 10.6 Å². The largest absolute Gasteiger partial charge is 0.317 e. The molecule has 0 saturated carbocycles. The molecule has 4 nitrogen and oxygen atoms in total. The van der Waals surface area contributed by atoms with E-state index in [1.165, 1.54) is 12.8 Å².